The number of hydrogen-bond acceptors (Lipinski definition) is 3. The minimum atomic E-state index is 0.688. The number of carbonyl (C=O) groups excluding carboxylic acids is 1. The molecule has 1 rings (SSSR count). The number of hydrogen-bond donors (Lipinski definition) is 1. The molecule has 1 heterocycles. The first kappa shape index (κ1) is 13.8. The van der Waals surface area contributed by atoms with Crippen LogP contribution >= 0.6 is 11.8 Å². The molecule has 0 unspecified atom stereocenters. The van der Waals surface area contributed by atoms with Gasteiger partial charge in [-0.25, -0.2) is 0 Å². The van der Waals surface area contributed by atoms with Crippen LogP contribution < -0.4 is 10.6 Å². The van der Waals surface area contributed by atoms with Crippen molar-refractivity contribution in [2.24, 2.45) is 4.99 Å². The molecule has 0 aliphatic rings. The Hall–Kier alpha value is -1.29. The molecule has 0 saturated carbocycles. The molecule has 0 aromatic carbocycles. The average Bonchev–Trinajstić information content (AvgIpc) is 2.64. The summed E-state index contributed by atoms with van der Waals surface area (Å²) in [5, 5.41) is 2.57. The molecule has 92 valence electrons. The van der Waals surface area contributed by atoms with Crippen LogP contribution in [0.25, 0.3) is 12.3 Å². The van der Waals surface area contributed by atoms with E-state index in [-0.39, 0.29) is 0 Å². The Labute approximate surface area is 106 Å². The maximum Gasteiger partial charge on any atom is 0.152 e. The van der Waals surface area contributed by atoms with Gasteiger partial charge in [0, 0.05) is 27.5 Å². The van der Waals surface area contributed by atoms with E-state index in [1.807, 2.05) is 27.0 Å². The van der Waals surface area contributed by atoms with Crippen LogP contribution in [0.5, 0.6) is 0 Å². The molecule has 0 spiro atoms. The molecule has 0 radical (unpaired) electrons. The van der Waals surface area contributed by atoms with E-state index < -0.39 is 0 Å². The number of aromatic nitrogens is 1. The highest BCUT2D eigenvalue weighted by atomic mass is 32.2. The third-order valence-electron chi connectivity index (χ3n) is 2.65. The van der Waals surface area contributed by atoms with Gasteiger partial charge in [-0.2, -0.15) is 0 Å². The molecule has 0 aliphatic carbocycles. The maximum absolute atomic E-state index is 11.2. The van der Waals surface area contributed by atoms with E-state index in [1.54, 1.807) is 11.8 Å². The summed E-state index contributed by atoms with van der Waals surface area (Å²) in [4.78, 5) is 18.8. The normalized spacial score (nSPS) is 13.8. The number of nitrogens with one attached hydrogen (secondary N) is 1. The van der Waals surface area contributed by atoms with E-state index in [0.29, 0.717) is 5.56 Å². The maximum atomic E-state index is 11.2. The lowest BCUT2D eigenvalue weighted by Crippen LogP contribution is -2.25. The fourth-order valence-electron chi connectivity index (χ4n) is 1.79. The Morgan fingerprint density at radius 1 is 1.53 bits per heavy atom. The lowest BCUT2D eigenvalue weighted by Gasteiger charge is -1.96. The van der Waals surface area contributed by atoms with E-state index in [9.17, 15) is 4.79 Å². The van der Waals surface area contributed by atoms with Crippen LogP contribution in [0, 0.1) is 0 Å². The molecular formula is C13H18N2OS. The summed E-state index contributed by atoms with van der Waals surface area (Å²) in [6.07, 6.45) is 3.65. The smallest absolute Gasteiger partial charge is 0.152 e. The number of rotatable bonds is 3. The third kappa shape index (κ3) is 2.88. The van der Waals surface area contributed by atoms with Crippen molar-refractivity contribution in [2.45, 2.75) is 27.2 Å². The number of carbonyl (C=O) groups is 1. The van der Waals surface area contributed by atoms with Gasteiger partial charge in [0.05, 0.1) is 5.04 Å². The molecule has 1 N–H and O–H groups in total. The van der Waals surface area contributed by atoms with Crippen LogP contribution in [0.4, 0.5) is 0 Å². The van der Waals surface area contributed by atoms with Crippen molar-refractivity contribution in [1.82, 2.24) is 4.98 Å². The molecule has 0 atom stereocenters. The van der Waals surface area contributed by atoms with Crippen LogP contribution in [-0.2, 0) is 6.42 Å². The van der Waals surface area contributed by atoms with Crippen molar-refractivity contribution < 1.29 is 4.79 Å². The van der Waals surface area contributed by atoms with Crippen LogP contribution in [0.15, 0.2) is 4.99 Å². The highest BCUT2D eigenvalue weighted by Crippen LogP contribution is 2.04. The Bertz CT molecular complexity index is 555. The number of H-pyrrole nitrogens is 1. The monoisotopic (exact) mass is 250 g/mol. The quantitative estimate of drug-likeness (QED) is 0.504. The second kappa shape index (κ2) is 5.87. The van der Waals surface area contributed by atoms with Crippen molar-refractivity contribution >= 4 is 35.4 Å². The predicted octanol–water partition coefficient (Wildman–Crippen LogP) is 1.71. The fraction of sp³-hybridized carbons (Fsp3) is 0.385. The minimum absolute atomic E-state index is 0.688. The Morgan fingerprint density at radius 3 is 2.65 bits per heavy atom. The van der Waals surface area contributed by atoms with Crippen LogP contribution in [0.2, 0.25) is 0 Å². The highest BCUT2D eigenvalue weighted by molar-refractivity contribution is 8.13. The molecule has 1 aromatic heterocycles. The van der Waals surface area contributed by atoms with Crippen molar-refractivity contribution in [3.8, 4) is 0 Å². The van der Waals surface area contributed by atoms with E-state index in [4.69, 9.17) is 0 Å². The molecule has 17 heavy (non-hydrogen) atoms. The SMILES string of the molecule is C=c1[nH]c(CC)c(C=O)/c1=C(\C)N=C(C)SC. The molecule has 0 bridgehead atoms. The first-order chi connectivity index (χ1) is 8.04. The van der Waals surface area contributed by atoms with Gasteiger partial charge < -0.3 is 4.98 Å². The van der Waals surface area contributed by atoms with Crippen LogP contribution in [0.3, 0.4) is 0 Å². The lowest BCUT2D eigenvalue weighted by molar-refractivity contribution is 0.112. The van der Waals surface area contributed by atoms with Gasteiger partial charge in [-0.1, -0.05) is 13.5 Å². The summed E-state index contributed by atoms with van der Waals surface area (Å²) < 4.78 is 0. The molecule has 4 heteroatoms. The number of thioether (sulfide) groups is 1. The van der Waals surface area contributed by atoms with Crippen LogP contribution in [-0.4, -0.2) is 22.6 Å². The zero-order valence-electron chi connectivity index (χ0n) is 10.8. The standard InChI is InChI=1S/C13H18N2OS/c1-6-12-11(7-16)13(9(3)15-12)8(2)14-10(4)17-5/h7,15H,3,6H2,1-2,4-5H3/b13-8+,14-10?. The number of aryl methyl sites for hydroxylation is 1. The van der Waals surface area contributed by atoms with Gasteiger partial charge in [0.1, 0.15) is 0 Å². The number of aromatic amines is 1. The van der Waals surface area contributed by atoms with Crippen molar-refractivity contribution in [3.63, 3.8) is 0 Å². The molecule has 3 nitrogen and oxygen atoms in total. The summed E-state index contributed by atoms with van der Waals surface area (Å²) >= 11 is 1.59. The third-order valence-corrected chi connectivity index (χ3v) is 3.33. The Morgan fingerprint density at radius 2 is 2.18 bits per heavy atom. The summed E-state index contributed by atoms with van der Waals surface area (Å²) in [7, 11) is 0. The molecule has 0 aliphatic heterocycles. The summed E-state index contributed by atoms with van der Waals surface area (Å²) in [5.41, 5.74) is 2.45. The molecule has 0 amide bonds. The number of nitrogens with zero attached hydrogens (tertiary/aromatic N) is 1. The van der Waals surface area contributed by atoms with Gasteiger partial charge in [0.2, 0.25) is 0 Å². The second-order valence-electron chi connectivity index (χ2n) is 3.76. The van der Waals surface area contributed by atoms with Crippen molar-refractivity contribution in [2.75, 3.05) is 6.26 Å². The predicted molar refractivity (Wildman–Crippen MR) is 76.0 cm³/mol. The van der Waals surface area contributed by atoms with Crippen molar-refractivity contribution in [3.05, 3.63) is 21.8 Å². The summed E-state index contributed by atoms with van der Waals surface area (Å²) in [5.74, 6) is 0. The van der Waals surface area contributed by atoms with Gasteiger partial charge in [-0.15, -0.1) is 11.8 Å². The van der Waals surface area contributed by atoms with E-state index in [1.165, 1.54) is 0 Å². The topological polar surface area (TPSA) is 45.2 Å². The molecule has 1 aromatic rings. The lowest BCUT2D eigenvalue weighted by atomic mass is 10.1. The van der Waals surface area contributed by atoms with Gasteiger partial charge in [0.15, 0.2) is 6.29 Å². The van der Waals surface area contributed by atoms with Gasteiger partial charge in [-0.05, 0) is 26.5 Å². The van der Waals surface area contributed by atoms with Gasteiger partial charge >= 0.3 is 0 Å². The first-order valence-corrected chi connectivity index (χ1v) is 6.72. The Kier molecular flexibility index (Phi) is 4.75. The molecule has 0 fully saturated rings. The highest BCUT2D eigenvalue weighted by Gasteiger charge is 2.07. The number of aldehydes is 1. The summed E-state index contributed by atoms with van der Waals surface area (Å²) in [6.45, 7) is 9.80. The summed E-state index contributed by atoms with van der Waals surface area (Å²) in [6, 6.07) is 0. The average molecular weight is 250 g/mol. The van der Waals surface area contributed by atoms with E-state index in [2.05, 4.69) is 16.6 Å². The van der Waals surface area contributed by atoms with Gasteiger partial charge in [0.25, 0.3) is 0 Å². The number of aliphatic imine (C=N–C) groups is 1. The Balaban J connectivity index is 3.60. The van der Waals surface area contributed by atoms with E-state index in [0.717, 1.165) is 39.7 Å². The van der Waals surface area contributed by atoms with Gasteiger partial charge in [-0.3, -0.25) is 9.79 Å². The fourth-order valence-corrected chi connectivity index (χ4v) is 2.01. The van der Waals surface area contributed by atoms with Crippen LogP contribution in [0.1, 0.15) is 36.8 Å². The zero-order chi connectivity index (χ0) is 13.0. The molecular weight excluding hydrogens is 232 g/mol. The largest absolute Gasteiger partial charge is 0.358 e. The second-order valence-corrected chi connectivity index (χ2v) is 4.76. The zero-order valence-corrected chi connectivity index (χ0v) is 11.6. The molecule has 0 saturated heterocycles. The van der Waals surface area contributed by atoms with E-state index >= 15 is 0 Å². The van der Waals surface area contributed by atoms with Crippen molar-refractivity contribution in [1.29, 1.82) is 0 Å². The minimum Gasteiger partial charge on any atom is -0.358 e. The first-order valence-electron chi connectivity index (χ1n) is 5.50.